The molecule has 56 heavy (non-hydrogen) atoms. The number of nitrogens with zero attached hydrogens (tertiary/aromatic N) is 4. The van der Waals surface area contributed by atoms with Gasteiger partial charge in [-0.25, -0.2) is 15.0 Å². The van der Waals surface area contributed by atoms with Crippen LogP contribution in [0.3, 0.4) is 0 Å². The molecule has 8 aromatic carbocycles. The molecule has 11 rings (SSSR count). The lowest BCUT2D eigenvalue weighted by Crippen LogP contribution is -2.31. The van der Waals surface area contributed by atoms with Gasteiger partial charge < -0.3 is 4.57 Å². The summed E-state index contributed by atoms with van der Waals surface area (Å²) in [6.45, 7) is 0. The van der Waals surface area contributed by atoms with Gasteiger partial charge in [-0.2, -0.15) is 0 Å². The number of hydrogen-bond acceptors (Lipinski definition) is 3. The van der Waals surface area contributed by atoms with E-state index in [9.17, 15) is 0 Å². The molecule has 0 saturated heterocycles. The molecular weight excluding hydrogens is 681 g/mol. The fraction of sp³-hybridized carbons (Fsp3) is 0.0192. The summed E-state index contributed by atoms with van der Waals surface area (Å²) in [7, 11) is 0. The molecule has 0 fully saturated rings. The van der Waals surface area contributed by atoms with Crippen LogP contribution in [0.1, 0.15) is 22.5 Å². The summed E-state index contributed by atoms with van der Waals surface area (Å²) in [6, 6.07) is 73.0. The maximum Gasteiger partial charge on any atom is 0.165 e. The lowest BCUT2D eigenvalue weighted by Gasteiger charge is -2.32. The van der Waals surface area contributed by atoms with E-state index in [4.69, 9.17) is 15.0 Å². The standard InChI is InChI=1S/C52H34N4/c1-4-17-35(18-5-1)36-31-33-38(34-32-36)52(45-28-13-10-23-40(45)41-24-11-14-29-46(41)52)51-54-49(37-19-6-2-7-20-37)53-50(55-51)44-27-16-26-43-42-25-12-15-30-47(42)56(48(43)44)39-21-8-3-9-22-39/h1-34H. The minimum Gasteiger partial charge on any atom is -0.309 e. The maximum absolute atomic E-state index is 5.66. The molecule has 0 N–H and O–H groups in total. The van der Waals surface area contributed by atoms with Crippen LogP contribution in [0.2, 0.25) is 0 Å². The van der Waals surface area contributed by atoms with Crippen molar-refractivity contribution in [3.63, 3.8) is 0 Å². The van der Waals surface area contributed by atoms with Gasteiger partial charge in [0.15, 0.2) is 17.5 Å². The van der Waals surface area contributed by atoms with Crippen LogP contribution in [0.25, 0.3) is 72.5 Å². The first-order chi connectivity index (χ1) is 27.8. The van der Waals surface area contributed by atoms with Crippen molar-refractivity contribution in [3.05, 3.63) is 229 Å². The van der Waals surface area contributed by atoms with Gasteiger partial charge in [-0.3, -0.25) is 0 Å². The van der Waals surface area contributed by atoms with Crippen LogP contribution >= 0.6 is 0 Å². The molecule has 0 aliphatic heterocycles. The summed E-state index contributed by atoms with van der Waals surface area (Å²) in [5.74, 6) is 1.94. The zero-order valence-corrected chi connectivity index (χ0v) is 30.4. The van der Waals surface area contributed by atoms with E-state index in [-0.39, 0.29) is 0 Å². The molecule has 10 aromatic rings. The van der Waals surface area contributed by atoms with Crippen LogP contribution < -0.4 is 0 Å². The van der Waals surface area contributed by atoms with Gasteiger partial charge in [-0.1, -0.05) is 182 Å². The minimum absolute atomic E-state index is 0.626. The molecule has 4 nitrogen and oxygen atoms in total. The SMILES string of the molecule is c1ccc(-c2ccc(C3(c4nc(-c5ccccc5)nc(-c5cccc6c7ccccc7n(-c7ccccc7)c56)n4)c4ccccc4-c4ccccc43)cc2)cc1. The predicted octanol–water partition coefficient (Wildman–Crippen LogP) is 12.3. The summed E-state index contributed by atoms with van der Waals surface area (Å²) in [6.07, 6.45) is 0. The summed E-state index contributed by atoms with van der Waals surface area (Å²) in [5.41, 5.74) is 12.4. The number of fused-ring (bicyclic) bond motifs is 6. The molecule has 262 valence electrons. The van der Waals surface area contributed by atoms with Gasteiger partial charge in [0.05, 0.1) is 11.0 Å². The fourth-order valence-corrected chi connectivity index (χ4v) is 8.88. The molecule has 1 aliphatic carbocycles. The topological polar surface area (TPSA) is 43.6 Å². The number of para-hydroxylation sites is 3. The second-order valence-corrected chi connectivity index (χ2v) is 14.3. The number of hydrogen-bond donors (Lipinski definition) is 0. The Balaban J connectivity index is 1.25. The molecule has 0 atom stereocenters. The van der Waals surface area contributed by atoms with E-state index >= 15 is 0 Å². The van der Waals surface area contributed by atoms with Crippen LogP contribution in [0.5, 0.6) is 0 Å². The maximum atomic E-state index is 5.66. The second kappa shape index (κ2) is 12.9. The smallest absolute Gasteiger partial charge is 0.165 e. The average Bonchev–Trinajstić information content (AvgIpc) is 3.78. The summed E-state index contributed by atoms with van der Waals surface area (Å²) < 4.78 is 2.35. The highest BCUT2D eigenvalue weighted by Crippen LogP contribution is 2.55. The highest BCUT2D eigenvalue weighted by Gasteiger charge is 2.49. The third kappa shape index (κ3) is 4.83. The van der Waals surface area contributed by atoms with E-state index in [0.29, 0.717) is 17.5 Å². The first-order valence-electron chi connectivity index (χ1n) is 19.0. The van der Waals surface area contributed by atoms with Gasteiger partial charge in [-0.15, -0.1) is 0 Å². The molecule has 0 amide bonds. The Labute approximate surface area is 325 Å². The van der Waals surface area contributed by atoms with E-state index in [0.717, 1.165) is 55.5 Å². The van der Waals surface area contributed by atoms with Crippen LogP contribution in [-0.4, -0.2) is 19.5 Å². The Hall–Kier alpha value is -7.43. The molecule has 4 heteroatoms. The third-order valence-corrected chi connectivity index (χ3v) is 11.3. The molecule has 0 spiro atoms. The quantitative estimate of drug-likeness (QED) is 0.172. The second-order valence-electron chi connectivity index (χ2n) is 14.3. The fourth-order valence-electron chi connectivity index (χ4n) is 8.88. The van der Waals surface area contributed by atoms with Crippen molar-refractivity contribution in [2.45, 2.75) is 5.41 Å². The lowest BCUT2D eigenvalue weighted by molar-refractivity contribution is 0.692. The van der Waals surface area contributed by atoms with Crippen LogP contribution in [-0.2, 0) is 5.41 Å². The molecule has 1 aliphatic rings. The van der Waals surface area contributed by atoms with E-state index in [1.165, 1.54) is 22.1 Å². The number of benzene rings is 8. The largest absolute Gasteiger partial charge is 0.309 e. The van der Waals surface area contributed by atoms with E-state index in [1.54, 1.807) is 0 Å². The molecule has 0 radical (unpaired) electrons. The molecule has 2 heterocycles. The summed E-state index contributed by atoms with van der Waals surface area (Å²) in [5, 5.41) is 2.33. The highest BCUT2D eigenvalue weighted by molar-refractivity contribution is 6.13. The molecule has 0 bridgehead atoms. The van der Waals surface area contributed by atoms with Gasteiger partial charge in [0, 0.05) is 27.6 Å². The van der Waals surface area contributed by atoms with Gasteiger partial charge in [0.2, 0.25) is 0 Å². The molecule has 0 saturated carbocycles. The van der Waals surface area contributed by atoms with E-state index in [2.05, 4.69) is 193 Å². The van der Waals surface area contributed by atoms with Crippen LogP contribution in [0, 0.1) is 0 Å². The highest BCUT2D eigenvalue weighted by atomic mass is 15.1. The van der Waals surface area contributed by atoms with Gasteiger partial charge in [0.25, 0.3) is 0 Å². The van der Waals surface area contributed by atoms with Crippen molar-refractivity contribution in [2.75, 3.05) is 0 Å². The number of aromatic nitrogens is 4. The van der Waals surface area contributed by atoms with Gasteiger partial charge in [0.1, 0.15) is 5.41 Å². The zero-order valence-electron chi connectivity index (χ0n) is 30.4. The van der Waals surface area contributed by atoms with Crippen LogP contribution in [0.15, 0.2) is 206 Å². The minimum atomic E-state index is -0.830. The van der Waals surface area contributed by atoms with Crippen molar-refractivity contribution in [1.29, 1.82) is 0 Å². The van der Waals surface area contributed by atoms with Crippen LogP contribution in [0.4, 0.5) is 0 Å². The molecule has 0 unspecified atom stereocenters. The van der Waals surface area contributed by atoms with Crippen molar-refractivity contribution < 1.29 is 0 Å². The monoisotopic (exact) mass is 714 g/mol. The van der Waals surface area contributed by atoms with Crippen molar-refractivity contribution in [1.82, 2.24) is 19.5 Å². The molecule has 2 aromatic heterocycles. The normalized spacial score (nSPS) is 12.8. The Kier molecular flexibility index (Phi) is 7.36. The number of rotatable bonds is 6. The van der Waals surface area contributed by atoms with Gasteiger partial charge >= 0.3 is 0 Å². The van der Waals surface area contributed by atoms with Crippen molar-refractivity contribution in [3.8, 4) is 50.7 Å². The summed E-state index contributed by atoms with van der Waals surface area (Å²) in [4.78, 5) is 16.5. The summed E-state index contributed by atoms with van der Waals surface area (Å²) >= 11 is 0. The zero-order chi connectivity index (χ0) is 37.1. The third-order valence-electron chi connectivity index (χ3n) is 11.3. The Bertz CT molecular complexity index is 3010. The Morgan fingerprint density at radius 2 is 0.875 bits per heavy atom. The van der Waals surface area contributed by atoms with Crippen molar-refractivity contribution in [2.24, 2.45) is 0 Å². The lowest BCUT2D eigenvalue weighted by atomic mass is 9.71. The molecular formula is C52H34N4. The van der Waals surface area contributed by atoms with E-state index in [1.807, 2.05) is 18.2 Å². The predicted molar refractivity (Wildman–Crippen MR) is 228 cm³/mol. The van der Waals surface area contributed by atoms with E-state index < -0.39 is 5.41 Å². The average molecular weight is 715 g/mol. The van der Waals surface area contributed by atoms with Gasteiger partial charge in [-0.05, 0) is 63.2 Å². The Morgan fingerprint density at radius 3 is 1.57 bits per heavy atom. The first-order valence-corrected chi connectivity index (χ1v) is 19.0. The van der Waals surface area contributed by atoms with Crippen molar-refractivity contribution >= 4 is 21.8 Å². The first kappa shape index (κ1) is 32.0. The Morgan fingerprint density at radius 1 is 0.357 bits per heavy atom.